The molecule has 0 spiro atoms. The molecule has 0 amide bonds. The molecule has 0 fully saturated rings. The van der Waals surface area contributed by atoms with Gasteiger partial charge in [-0.2, -0.15) is 5.10 Å². The molecule has 8 heteroatoms. The van der Waals surface area contributed by atoms with E-state index in [2.05, 4.69) is 56.4 Å². The Kier molecular flexibility index (Phi) is 7.39. The van der Waals surface area contributed by atoms with Crippen molar-refractivity contribution in [3.63, 3.8) is 0 Å². The van der Waals surface area contributed by atoms with Gasteiger partial charge in [-0.15, -0.1) is 0 Å². The Hall–Kier alpha value is -2.95. The van der Waals surface area contributed by atoms with E-state index in [1.165, 1.54) is 22.6 Å². The molecule has 3 rings (SSSR count). The summed E-state index contributed by atoms with van der Waals surface area (Å²) in [5.74, 6) is 5.94. The maximum absolute atomic E-state index is 12.4. The molecular weight excluding hydrogens is 408 g/mol. The summed E-state index contributed by atoms with van der Waals surface area (Å²) < 4.78 is 26.1. The van der Waals surface area contributed by atoms with Crippen LogP contribution in [-0.4, -0.2) is 40.2 Å². The van der Waals surface area contributed by atoms with Crippen molar-refractivity contribution >= 4 is 17.3 Å². The fourth-order valence-corrected chi connectivity index (χ4v) is 2.97. The number of aromatic nitrogens is 3. The lowest BCUT2D eigenvalue weighted by atomic mass is 10.1. The summed E-state index contributed by atoms with van der Waals surface area (Å²) in [6, 6.07) is 10.1. The quantitative estimate of drug-likeness (QED) is 0.450. The number of rotatable bonds is 7. The molecule has 3 aromatic rings. The average molecular weight is 430 g/mol. The Labute approximate surface area is 179 Å². The molecular formula is C22H22ClF2N5. The molecule has 0 bridgehead atoms. The van der Waals surface area contributed by atoms with Crippen LogP contribution >= 0.6 is 11.6 Å². The Bertz CT molecular complexity index is 1040. The van der Waals surface area contributed by atoms with Crippen LogP contribution in [-0.2, 0) is 19.6 Å². The van der Waals surface area contributed by atoms with E-state index in [0.29, 0.717) is 22.8 Å². The lowest BCUT2D eigenvalue weighted by Gasteiger charge is -2.11. The summed E-state index contributed by atoms with van der Waals surface area (Å²) in [5.41, 5.74) is 4.32. The average Bonchev–Trinajstić information content (AvgIpc) is 3.13. The summed E-state index contributed by atoms with van der Waals surface area (Å²) in [6.07, 6.45) is 2.08. The molecule has 0 saturated carbocycles. The van der Waals surface area contributed by atoms with E-state index in [1.807, 2.05) is 14.1 Å². The number of nitrogens with one attached hydrogen (secondary N) is 1. The fraction of sp³-hybridized carbons (Fsp3) is 0.273. The third-order valence-electron chi connectivity index (χ3n) is 4.18. The standard InChI is InChI=1S/C22H22ClF2N5/c1-29(2)13-17-5-3-16(4-6-17)10-26-20-9-21(23)27-12-19(20)8-7-18-11-28-30(14-18)15-22(24)25/h3-6,9,11-12,14,22H,10,13,15H2,1-2H3,(H,26,27). The number of pyridine rings is 1. The summed E-state index contributed by atoms with van der Waals surface area (Å²) in [5, 5.41) is 7.58. The summed E-state index contributed by atoms with van der Waals surface area (Å²) >= 11 is 6.05. The number of benzene rings is 1. The van der Waals surface area contributed by atoms with Crippen molar-refractivity contribution in [3.05, 3.63) is 76.3 Å². The number of nitrogens with zero attached hydrogens (tertiary/aromatic N) is 4. The maximum atomic E-state index is 12.4. The molecule has 0 aliphatic carbocycles. The van der Waals surface area contributed by atoms with Crippen molar-refractivity contribution in [2.75, 3.05) is 19.4 Å². The molecule has 0 saturated heterocycles. The van der Waals surface area contributed by atoms with Gasteiger partial charge in [0.1, 0.15) is 11.7 Å². The minimum atomic E-state index is -2.46. The van der Waals surface area contributed by atoms with Crippen molar-refractivity contribution in [1.29, 1.82) is 0 Å². The van der Waals surface area contributed by atoms with E-state index in [0.717, 1.165) is 17.8 Å². The van der Waals surface area contributed by atoms with E-state index >= 15 is 0 Å². The van der Waals surface area contributed by atoms with Gasteiger partial charge >= 0.3 is 0 Å². The fourth-order valence-electron chi connectivity index (χ4n) is 2.81. The van der Waals surface area contributed by atoms with Crippen LogP contribution in [0.5, 0.6) is 0 Å². The van der Waals surface area contributed by atoms with Crippen molar-refractivity contribution in [1.82, 2.24) is 19.7 Å². The van der Waals surface area contributed by atoms with Crippen LogP contribution in [0.3, 0.4) is 0 Å². The van der Waals surface area contributed by atoms with E-state index in [9.17, 15) is 8.78 Å². The zero-order chi connectivity index (χ0) is 21.5. The number of hydrogen-bond acceptors (Lipinski definition) is 4. The van der Waals surface area contributed by atoms with E-state index in [1.54, 1.807) is 12.3 Å². The molecule has 5 nitrogen and oxygen atoms in total. The monoisotopic (exact) mass is 429 g/mol. The number of anilines is 1. The molecule has 0 radical (unpaired) electrons. The predicted octanol–water partition coefficient (Wildman–Crippen LogP) is 4.27. The van der Waals surface area contributed by atoms with Gasteiger partial charge in [0, 0.05) is 25.5 Å². The van der Waals surface area contributed by atoms with Gasteiger partial charge in [0.2, 0.25) is 0 Å². The van der Waals surface area contributed by atoms with Crippen molar-refractivity contribution in [2.45, 2.75) is 26.1 Å². The van der Waals surface area contributed by atoms with E-state index < -0.39 is 13.0 Å². The highest BCUT2D eigenvalue weighted by atomic mass is 35.5. The summed E-state index contributed by atoms with van der Waals surface area (Å²) in [6.45, 7) is 1.04. The Morgan fingerprint density at radius 2 is 1.87 bits per heavy atom. The van der Waals surface area contributed by atoms with Gasteiger partial charge in [-0.05, 0) is 31.3 Å². The highest BCUT2D eigenvalue weighted by molar-refractivity contribution is 6.29. The van der Waals surface area contributed by atoms with Crippen molar-refractivity contribution in [3.8, 4) is 11.8 Å². The maximum Gasteiger partial charge on any atom is 0.257 e. The normalized spacial score (nSPS) is 10.9. The minimum Gasteiger partial charge on any atom is -0.380 e. The molecule has 2 heterocycles. The smallest absolute Gasteiger partial charge is 0.257 e. The summed E-state index contributed by atoms with van der Waals surface area (Å²) in [7, 11) is 4.07. The Morgan fingerprint density at radius 1 is 1.13 bits per heavy atom. The molecule has 1 N–H and O–H groups in total. The molecule has 0 atom stereocenters. The second kappa shape index (κ2) is 10.2. The van der Waals surface area contributed by atoms with Crippen LogP contribution < -0.4 is 5.32 Å². The highest BCUT2D eigenvalue weighted by Crippen LogP contribution is 2.19. The van der Waals surface area contributed by atoms with Crippen molar-refractivity contribution in [2.24, 2.45) is 0 Å². The van der Waals surface area contributed by atoms with Gasteiger partial charge in [0.25, 0.3) is 6.43 Å². The first-order valence-electron chi connectivity index (χ1n) is 9.33. The van der Waals surface area contributed by atoms with Gasteiger partial charge in [-0.1, -0.05) is 47.7 Å². The summed E-state index contributed by atoms with van der Waals surface area (Å²) in [4.78, 5) is 6.21. The van der Waals surface area contributed by atoms with Gasteiger partial charge in [-0.25, -0.2) is 13.8 Å². The molecule has 30 heavy (non-hydrogen) atoms. The van der Waals surface area contributed by atoms with Crippen LogP contribution in [0.2, 0.25) is 5.15 Å². The first-order valence-corrected chi connectivity index (χ1v) is 9.71. The lowest BCUT2D eigenvalue weighted by Crippen LogP contribution is -2.10. The molecule has 0 aliphatic heterocycles. The van der Waals surface area contributed by atoms with Crippen LogP contribution in [0.25, 0.3) is 0 Å². The number of hydrogen-bond donors (Lipinski definition) is 1. The molecule has 156 valence electrons. The SMILES string of the molecule is CN(C)Cc1ccc(CNc2cc(Cl)ncc2C#Cc2cnn(CC(F)F)c2)cc1. The first kappa shape index (κ1) is 21.8. The largest absolute Gasteiger partial charge is 0.380 e. The van der Waals surface area contributed by atoms with Gasteiger partial charge in [-0.3, -0.25) is 4.68 Å². The Morgan fingerprint density at radius 3 is 2.57 bits per heavy atom. The van der Waals surface area contributed by atoms with Crippen LogP contribution in [0, 0.1) is 11.8 Å². The number of halogens is 3. The molecule has 2 aromatic heterocycles. The topological polar surface area (TPSA) is 46.0 Å². The number of alkyl halides is 2. The zero-order valence-corrected chi connectivity index (χ0v) is 17.5. The second-order valence-electron chi connectivity index (χ2n) is 7.05. The second-order valence-corrected chi connectivity index (χ2v) is 7.44. The van der Waals surface area contributed by atoms with E-state index in [-0.39, 0.29) is 0 Å². The van der Waals surface area contributed by atoms with Gasteiger partial charge in [0.05, 0.1) is 23.0 Å². The predicted molar refractivity (Wildman–Crippen MR) is 115 cm³/mol. The third kappa shape index (κ3) is 6.55. The zero-order valence-electron chi connectivity index (χ0n) is 16.7. The highest BCUT2D eigenvalue weighted by Gasteiger charge is 2.06. The van der Waals surface area contributed by atoms with E-state index in [4.69, 9.17) is 11.6 Å². The minimum absolute atomic E-state index is 0.356. The van der Waals surface area contributed by atoms with Crippen molar-refractivity contribution < 1.29 is 8.78 Å². The van der Waals surface area contributed by atoms with Crippen LogP contribution in [0.1, 0.15) is 22.3 Å². The van der Waals surface area contributed by atoms with Gasteiger partial charge in [0.15, 0.2) is 0 Å². The third-order valence-corrected chi connectivity index (χ3v) is 4.38. The van der Waals surface area contributed by atoms with Crippen LogP contribution in [0.15, 0.2) is 48.9 Å². The molecule has 1 aromatic carbocycles. The lowest BCUT2D eigenvalue weighted by molar-refractivity contribution is 0.122. The van der Waals surface area contributed by atoms with Gasteiger partial charge < -0.3 is 10.2 Å². The Balaban J connectivity index is 1.71. The molecule has 0 unspecified atom stereocenters. The molecule has 0 aliphatic rings. The first-order chi connectivity index (χ1) is 14.4. The van der Waals surface area contributed by atoms with Crippen LogP contribution in [0.4, 0.5) is 14.5 Å².